The first-order chi connectivity index (χ1) is 9.67. The predicted octanol–water partition coefficient (Wildman–Crippen LogP) is 2.96. The van der Waals surface area contributed by atoms with Crippen LogP contribution in [0.5, 0.6) is 0 Å². The number of aryl methyl sites for hydroxylation is 1. The van der Waals surface area contributed by atoms with E-state index < -0.39 is 0 Å². The quantitative estimate of drug-likeness (QED) is 0.832. The second kappa shape index (κ2) is 6.75. The smallest absolute Gasteiger partial charge is 0.272 e. The molecule has 1 aromatic carbocycles. The molecule has 0 fully saturated rings. The van der Waals surface area contributed by atoms with Gasteiger partial charge in [0.2, 0.25) is 0 Å². The first-order valence-electron chi connectivity index (χ1n) is 6.93. The molecule has 1 amide bonds. The van der Waals surface area contributed by atoms with Crippen molar-refractivity contribution in [1.29, 1.82) is 0 Å². The number of para-hydroxylation sites is 1. The van der Waals surface area contributed by atoms with Crippen LogP contribution in [0.15, 0.2) is 24.3 Å². The number of nitrogens with one attached hydrogen (secondary N) is 1. The molecule has 0 saturated carbocycles. The number of halogens is 1. The van der Waals surface area contributed by atoms with Crippen molar-refractivity contribution in [2.75, 3.05) is 12.4 Å². The highest BCUT2D eigenvalue weighted by Crippen LogP contribution is 2.17. The molecule has 20 heavy (non-hydrogen) atoms. The van der Waals surface area contributed by atoms with E-state index in [4.69, 9.17) is 11.6 Å². The van der Waals surface area contributed by atoms with Crippen LogP contribution < -0.4 is 5.32 Å². The maximum Gasteiger partial charge on any atom is 0.272 e. The summed E-state index contributed by atoms with van der Waals surface area (Å²) in [7, 11) is 1.85. The third kappa shape index (κ3) is 3.12. The normalized spacial score (nSPS) is 12.6. The molecule has 0 spiro atoms. The van der Waals surface area contributed by atoms with Gasteiger partial charge in [-0.05, 0) is 18.4 Å². The standard InChI is InChI=1S/C15H20ClN3O/c1-3-11(8-9-16)10-17-15(20)14-12-6-4-5-7-13(12)19(2)18-14/h4-7,11H,3,8-10H2,1-2H3,(H,17,20). The summed E-state index contributed by atoms with van der Waals surface area (Å²) in [6, 6.07) is 7.75. The van der Waals surface area contributed by atoms with E-state index in [1.807, 2.05) is 31.3 Å². The minimum atomic E-state index is -0.116. The van der Waals surface area contributed by atoms with E-state index in [2.05, 4.69) is 17.3 Å². The topological polar surface area (TPSA) is 46.9 Å². The van der Waals surface area contributed by atoms with Crippen molar-refractivity contribution in [3.8, 4) is 0 Å². The number of hydrogen-bond donors (Lipinski definition) is 1. The van der Waals surface area contributed by atoms with Gasteiger partial charge in [0.15, 0.2) is 5.69 Å². The Morgan fingerprint density at radius 1 is 1.45 bits per heavy atom. The summed E-state index contributed by atoms with van der Waals surface area (Å²) in [4.78, 5) is 12.3. The number of rotatable bonds is 6. The van der Waals surface area contributed by atoms with Crippen molar-refractivity contribution in [2.45, 2.75) is 19.8 Å². The lowest BCUT2D eigenvalue weighted by Crippen LogP contribution is -2.29. The van der Waals surface area contributed by atoms with Gasteiger partial charge in [0, 0.05) is 24.9 Å². The molecule has 1 atom stereocenters. The Balaban J connectivity index is 2.12. The largest absolute Gasteiger partial charge is 0.350 e. The third-order valence-corrected chi connectivity index (χ3v) is 3.84. The van der Waals surface area contributed by atoms with Crippen molar-refractivity contribution in [3.63, 3.8) is 0 Å². The minimum absolute atomic E-state index is 0.116. The average Bonchev–Trinajstić information content (AvgIpc) is 2.81. The fourth-order valence-corrected chi connectivity index (χ4v) is 2.62. The number of aromatic nitrogens is 2. The molecular weight excluding hydrogens is 274 g/mol. The van der Waals surface area contributed by atoms with Gasteiger partial charge in [-0.2, -0.15) is 5.10 Å². The average molecular weight is 294 g/mol. The third-order valence-electron chi connectivity index (χ3n) is 3.62. The number of carbonyl (C=O) groups excluding carboxylic acids is 1. The van der Waals surface area contributed by atoms with Crippen molar-refractivity contribution in [2.24, 2.45) is 13.0 Å². The van der Waals surface area contributed by atoms with Gasteiger partial charge in [0.1, 0.15) is 0 Å². The number of alkyl halides is 1. The van der Waals surface area contributed by atoms with Crippen LogP contribution in [-0.4, -0.2) is 28.1 Å². The first kappa shape index (κ1) is 14.9. The number of fused-ring (bicyclic) bond motifs is 1. The van der Waals surface area contributed by atoms with E-state index in [-0.39, 0.29) is 5.91 Å². The monoisotopic (exact) mass is 293 g/mol. The summed E-state index contributed by atoms with van der Waals surface area (Å²) in [6.45, 7) is 2.76. The lowest BCUT2D eigenvalue weighted by Gasteiger charge is -2.13. The van der Waals surface area contributed by atoms with Crippen LogP contribution in [0.4, 0.5) is 0 Å². The van der Waals surface area contributed by atoms with Crippen molar-refractivity contribution >= 4 is 28.4 Å². The number of hydrogen-bond acceptors (Lipinski definition) is 2. The lowest BCUT2D eigenvalue weighted by molar-refractivity contribution is 0.0942. The fourth-order valence-electron chi connectivity index (χ4n) is 2.31. The molecule has 2 rings (SSSR count). The molecule has 1 aromatic heterocycles. The van der Waals surface area contributed by atoms with Gasteiger partial charge in [0.05, 0.1) is 5.52 Å². The van der Waals surface area contributed by atoms with Crippen LogP contribution in [-0.2, 0) is 7.05 Å². The molecule has 4 nitrogen and oxygen atoms in total. The zero-order valence-electron chi connectivity index (χ0n) is 11.9. The van der Waals surface area contributed by atoms with Crippen LogP contribution in [0.3, 0.4) is 0 Å². The molecule has 0 bridgehead atoms. The van der Waals surface area contributed by atoms with E-state index >= 15 is 0 Å². The van der Waals surface area contributed by atoms with E-state index in [1.54, 1.807) is 4.68 Å². The van der Waals surface area contributed by atoms with Gasteiger partial charge >= 0.3 is 0 Å². The number of amides is 1. The molecule has 0 saturated heterocycles. The van der Waals surface area contributed by atoms with Gasteiger partial charge in [-0.15, -0.1) is 11.6 Å². The molecular formula is C15H20ClN3O. The minimum Gasteiger partial charge on any atom is -0.350 e. The van der Waals surface area contributed by atoms with Crippen LogP contribution in [0, 0.1) is 5.92 Å². The molecule has 108 valence electrons. The molecule has 2 aromatic rings. The second-order valence-electron chi connectivity index (χ2n) is 4.95. The Hall–Kier alpha value is -1.55. The number of benzene rings is 1. The second-order valence-corrected chi connectivity index (χ2v) is 5.33. The van der Waals surface area contributed by atoms with Gasteiger partial charge in [-0.1, -0.05) is 31.5 Å². The predicted molar refractivity (Wildman–Crippen MR) is 82.2 cm³/mol. The van der Waals surface area contributed by atoms with E-state index in [0.717, 1.165) is 23.7 Å². The molecule has 0 aliphatic carbocycles. The summed E-state index contributed by atoms with van der Waals surface area (Å²) in [5.41, 5.74) is 1.45. The summed E-state index contributed by atoms with van der Waals surface area (Å²) in [6.07, 6.45) is 1.93. The van der Waals surface area contributed by atoms with Crippen LogP contribution in [0.25, 0.3) is 10.9 Å². The maximum atomic E-state index is 12.3. The van der Waals surface area contributed by atoms with Gasteiger partial charge < -0.3 is 5.32 Å². The molecule has 1 unspecified atom stereocenters. The molecule has 5 heteroatoms. The van der Waals surface area contributed by atoms with Crippen molar-refractivity contribution in [1.82, 2.24) is 15.1 Å². The first-order valence-corrected chi connectivity index (χ1v) is 7.46. The Morgan fingerprint density at radius 2 is 2.20 bits per heavy atom. The van der Waals surface area contributed by atoms with Crippen molar-refractivity contribution < 1.29 is 4.79 Å². The maximum absolute atomic E-state index is 12.3. The Morgan fingerprint density at radius 3 is 2.90 bits per heavy atom. The summed E-state index contributed by atoms with van der Waals surface area (Å²) in [5.74, 6) is 0.933. The highest BCUT2D eigenvalue weighted by atomic mass is 35.5. The van der Waals surface area contributed by atoms with E-state index in [1.165, 1.54) is 0 Å². The van der Waals surface area contributed by atoms with Crippen LogP contribution in [0.2, 0.25) is 0 Å². The summed E-state index contributed by atoms with van der Waals surface area (Å²) >= 11 is 5.76. The molecule has 0 aliphatic rings. The lowest BCUT2D eigenvalue weighted by atomic mass is 10.0. The van der Waals surface area contributed by atoms with E-state index in [9.17, 15) is 4.79 Å². The van der Waals surface area contributed by atoms with Gasteiger partial charge in [-0.25, -0.2) is 0 Å². The van der Waals surface area contributed by atoms with Gasteiger partial charge in [0.25, 0.3) is 5.91 Å². The summed E-state index contributed by atoms with van der Waals surface area (Å²) < 4.78 is 1.74. The molecule has 1 N–H and O–H groups in total. The Labute approximate surface area is 124 Å². The summed E-state index contributed by atoms with van der Waals surface area (Å²) in [5, 5.41) is 8.17. The highest BCUT2D eigenvalue weighted by molar-refractivity contribution is 6.17. The highest BCUT2D eigenvalue weighted by Gasteiger charge is 2.16. The molecule has 0 aliphatic heterocycles. The Kier molecular flexibility index (Phi) is 5.01. The van der Waals surface area contributed by atoms with Crippen molar-refractivity contribution in [3.05, 3.63) is 30.0 Å². The zero-order chi connectivity index (χ0) is 14.5. The van der Waals surface area contributed by atoms with Crippen LogP contribution >= 0.6 is 11.6 Å². The number of carbonyl (C=O) groups is 1. The molecule has 1 heterocycles. The zero-order valence-corrected chi connectivity index (χ0v) is 12.7. The van der Waals surface area contributed by atoms with Gasteiger partial charge in [-0.3, -0.25) is 9.48 Å². The fraction of sp³-hybridized carbons (Fsp3) is 0.467. The van der Waals surface area contributed by atoms with E-state index in [0.29, 0.717) is 24.0 Å². The Bertz CT molecular complexity index is 594. The SMILES string of the molecule is CCC(CCCl)CNC(=O)c1nn(C)c2ccccc12. The van der Waals surface area contributed by atoms with Crippen LogP contribution in [0.1, 0.15) is 30.3 Å². The molecule has 0 radical (unpaired) electrons. The number of nitrogens with zero attached hydrogens (tertiary/aromatic N) is 2.